The molecular weight excluding hydrogens is 258 g/mol. The maximum absolute atomic E-state index is 6.07. The van der Waals surface area contributed by atoms with Crippen LogP contribution in [-0.4, -0.2) is 19.7 Å². The Labute approximate surface area is 121 Å². The Hall–Kier alpha value is -0.570. The van der Waals surface area contributed by atoms with E-state index >= 15 is 0 Å². The second-order valence-corrected chi connectivity index (χ2v) is 5.79. The molecule has 19 heavy (non-hydrogen) atoms. The molecule has 0 aromatic heterocycles. The van der Waals surface area contributed by atoms with Gasteiger partial charge in [-0.15, -0.1) is 0 Å². The quantitative estimate of drug-likeness (QED) is 0.685. The molecule has 1 aliphatic rings. The van der Waals surface area contributed by atoms with Crippen LogP contribution in [0.3, 0.4) is 0 Å². The molecule has 0 aliphatic heterocycles. The lowest BCUT2D eigenvalue weighted by atomic mass is 10.1. The highest BCUT2D eigenvalue weighted by molar-refractivity contribution is 6.30. The van der Waals surface area contributed by atoms with E-state index in [4.69, 9.17) is 16.3 Å². The number of hydrogen-bond acceptors (Lipinski definition) is 2. The van der Waals surface area contributed by atoms with Crippen molar-refractivity contribution in [2.24, 2.45) is 5.92 Å². The first-order chi connectivity index (χ1) is 9.29. The van der Waals surface area contributed by atoms with Crippen LogP contribution in [0.2, 0.25) is 5.02 Å². The number of ether oxygens (including phenoxy) is 1. The van der Waals surface area contributed by atoms with Gasteiger partial charge in [-0.3, -0.25) is 0 Å². The summed E-state index contributed by atoms with van der Waals surface area (Å²) in [6, 6.07) is 8.01. The minimum absolute atomic E-state index is 0.115. The number of nitrogens with one attached hydrogen (secondary N) is 1. The van der Waals surface area contributed by atoms with Crippen LogP contribution in [0.5, 0.6) is 0 Å². The molecular formula is C16H24ClNO. The Kier molecular flexibility index (Phi) is 6.15. The molecule has 1 fully saturated rings. The third-order valence-corrected chi connectivity index (χ3v) is 3.75. The van der Waals surface area contributed by atoms with E-state index in [1.165, 1.54) is 24.8 Å². The van der Waals surface area contributed by atoms with E-state index in [9.17, 15) is 0 Å². The Morgan fingerprint density at radius 2 is 2.26 bits per heavy atom. The van der Waals surface area contributed by atoms with Crippen molar-refractivity contribution in [1.29, 1.82) is 0 Å². The number of rotatable bonds is 9. The summed E-state index contributed by atoms with van der Waals surface area (Å²) in [5, 5.41) is 4.22. The molecule has 0 bridgehead atoms. The molecule has 1 saturated carbocycles. The van der Waals surface area contributed by atoms with E-state index in [2.05, 4.69) is 18.3 Å². The van der Waals surface area contributed by atoms with Crippen LogP contribution in [0, 0.1) is 5.92 Å². The second-order valence-electron chi connectivity index (χ2n) is 5.35. The van der Waals surface area contributed by atoms with Crippen LogP contribution >= 0.6 is 11.6 Å². The lowest BCUT2D eigenvalue weighted by Crippen LogP contribution is -2.24. The fourth-order valence-electron chi connectivity index (χ4n) is 2.17. The minimum atomic E-state index is 0.115. The van der Waals surface area contributed by atoms with Crippen LogP contribution < -0.4 is 5.32 Å². The number of halogens is 1. The summed E-state index contributed by atoms with van der Waals surface area (Å²) in [4.78, 5) is 0. The van der Waals surface area contributed by atoms with Gasteiger partial charge in [-0.1, -0.05) is 43.5 Å². The average molecular weight is 282 g/mol. The van der Waals surface area contributed by atoms with Crippen LogP contribution in [0.15, 0.2) is 24.3 Å². The van der Waals surface area contributed by atoms with Crippen molar-refractivity contribution >= 4 is 11.6 Å². The average Bonchev–Trinajstić information content (AvgIpc) is 3.21. The van der Waals surface area contributed by atoms with Gasteiger partial charge in [-0.05, 0) is 43.0 Å². The van der Waals surface area contributed by atoms with Gasteiger partial charge >= 0.3 is 0 Å². The molecule has 2 rings (SSSR count). The highest BCUT2D eigenvalue weighted by Gasteiger charge is 2.21. The fraction of sp³-hybridized carbons (Fsp3) is 0.625. The van der Waals surface area contributed by atoms with E-state index in [1.54, 1.807) is 0 Å². The highest BCUT2D eigenvalue weighted by Crippen LogP contribution is 2.32. The van der Waals surface area contributed by atoms with E-state index in [0.717, 1.165) is 37.1 Å². The SMILES string of the molecule is CCCNCC(OCCC1CC1)c1cccc(Cl)c1. The van der Waals surface area contributed by atoms with E-state index in [0.29, 0.717) is 0 Å². The van der Waals surface area contributed by atoms with Crippen LogP contribution in [0.4, 0.5) is 0 Å². The zero-order chi connectivity index (χ0) is 13.5. The van der Waals surface area contributed by atoms with Crippen molar-refractivity contribution in [3.8, 4) is 0 Å². The van der Waals surface area contributed by atoms with E-state index in [-0.39, 0.29) is 6.10 Å². The first-order valence-electron chi connectivity index (χ1n) is 7.37. The number of benzene rings is 1. The summed E-state index contributed by atoms with van der Waals surface area (Å²) >= 11 is 6.07. The highest BCUT2D eigenvalue weighted by atomic mass is 35.5. The van der Waals surface area contributed by atoms with Gasteiger partial charge in [-0.25, -0.2) is 0 Å². The summed E-state index contributed by atoms with van der Waals surface area (Å²) < 4.78 is 6.06. The van der Waals surface area contributed by atoms with Crippen molar-refractivity contribution in [1.82, 2.24) is 5.32 Å². The normalized spacial score (nSPS) is 16.5. The van der Waals surface area contributed by atoms with Gasteiger partial charge in [0.05, 0.1) is 6.10 Å². The van der Waals surface area contributed by atoms with Crippen LogP contribution in [-0.2, 0) is 4.74 Å². The summed E-state index contributed by atoms with van der Waals surface area (Å²) in [5.41, 5.74) is 1.17. The zero-order valence-electron chi connectivity index (χ0n) is 11.7. The topological polar surface area (TPSA) is 21.3 Å². The lowest BCUT2D eigenvalue weighted by molar-refractivity contribution is 0.0487. The Morgan fingerprint density at radius 1 is 1.42 bits per heavy atom. The largest absolute Gasteiger partial charge is 0.372 e. The van der Waals surface area contributed by atoms with E-state index in [1.807, 2.05) is 18.2 Å². The maximum atomic E-state index is 6.07. The molecule has 106 valence electrons. The fourth-order valence-corrected chi connectivity index (χ4v) is 2.37. The van der Waals surface area contributed by atoms with Crippen molar-refractivity contribution in [2.45, 2.75) is 38.7 Å². The predicted molar refractivity (Wildman–Crippen MR) is 80.6 cm³/mol. The monoisotopic (exact) mass is 281 g/mol. The Morgan fingerprint density at radius 3 is 2.95 bits per heavy atom. The summed E-state index contributed by atoms with van der Waals surface area (Å²) in [6.07, 6.45) is 5.23. The van der Waals surface area contributed by atoms with Crippen molar-refractivity contribution in [2.75, 3.05) is 19.7 Å². The summed E-state index contributed by atoms with van der Waals surface area (Å²) in [7, 11) is 0. The Bertz CT molecular complexity index is 379. The van der Waals surface area contributed by atoms with Crippen LogP contribution in [0.25, 0.3) is 0 Å². The molecule has 1 aromatic carbocycles. The lowest BCUT2D eigenvalue weighted by Gasteiger charge is -2.19. The molecule has 0 radical (unpaired) electrons. The third-order valence-electron chi connectivity index (χ3n) is 3.52. The first kappa shape index (κ1) is 14.8. The molecule has 1 aromatic rings. The predicted octanol–water partition coefficient (Wildman–Crippen LogP) is 4.20. The van der Waals surface area contributed by atoms with Crippen molar-refractivity contribution in [3.63, 3.8) is 0 Å². The molecule has 0 spiro atoms. The minimum Gasteiger partial charge on any atom is -0.372 e. The van der Waals surface area contributed by atoms with Crippen LogP contribution in [0.1, 0.15) is 44.3 Å². The van der Waals surface area contributed by atoms with Gasteiger partial charge in [0, 0.05) is 18.2 Å². The van der Waals surface area contributed by atoms with Crippen molar-refractivity contribution < 1.29 is 4.74 Å². The molecule has 1 N–H and O–H groups in total. The molecule has 0 amide bonds. The summed E-state index contributed by atoms with van der Waals surface area (Å²) in [6.45, 7) is 4.92. The van der Waals surface area contributed by atoms with E-state index < -0.39 is 0 Å². The Balaban J connectivity index is 1.87. The second kappa shape index (κ2) is 7.88. The molecule has 1 unspecified atom stereocenters. The molecule has 0 heterocycles. The first-order valence-corrected chi connectivity index (χ1v) is 7.75. The molecule has 2 nitrogen and oxygen atoms in total. The van der Waals surface area contributed by atoms with Gasteiger partial charge < -0.3 is 10.1 Å². The van der Waals surface area contributed by atoms with Gasteiger partial charge in [0.1, 0.15) is 0 Å². The molecule has 1 aliphatic carbocycles. The smallest absolute Gasteiger partial charge is 0.0949 e. The molecule has 1 atom stereocenters. The number of hydrogen-bond donors (Lipinski definition) is 1. The summed E-state index contributed by atoms with van der Waals surface area (Å²) in [5.74, 6) is 0.920. The van der Waals surface area contributed by atoms with Crippen molar-refractivity contribution in [3.05, 3.63) is 34.9 Å². The van der Waals surface area contributed by atoms with Gasteiger partial charge in [-0.2, -0.15) is 0 Å². The molecule has 3 heteroatoms. The van der Waals surface area contributed by atoms with Gasteiger partial charge in [0.25, 0.3) is 0 Å². The van der Waals surface area contributed by atoms with Gasteiger partial charge in [0.15, 0.2) is 0 Å². The maximum Gasteiger partial charge on any atom is 0.0949 e. The van der Waals surface area contributed by atoms with Gasteiger partial charge in [0.2, 0.25) is 0 Å². The third kappa shape index (κ3) is 5.52. The zero-order valence-corrected chi connectivity index (χ0v) is 12.5. The standard InChI is InChI=1S/C16H24ClNO/c1-2-9-18-12-16(19-10-8-13-6-7-13)14-4-3-5-15(17)11-14/h3-5,11,13,16,18H,2,6-10,12H2,1H3. The molecule has 0 saturated heterocycles.